The van der Waals surface area contributed by atoms with Crippen molar-refractivity contribution in [3.63, 3.8) is 0 Å². The van der Waals surface area contributed by atoms with Crippen LogP contribution in [0.1, 0.15) is 12.0 Å². The van der Waals surface area contributed by atoms with Crippen molar-refractivity contribution in [2.45, 2.75) is 18.2 Å². The van der Waals surface area contributed by atoms with Gasteiger partial charge < -0.3 is 5.11 Å². The molecular formula is C12H14BrNO4S. The maximum Gasteiger partial charge on any atom is 0.303 e. The molecule has 1 N–H and O–H groups in total. The van der Waals surface area contributed by atoms with Gasteiger partial charge in [-0.25, -0.2) is 8.42 Å². The van der Waals surface area contributed by atoms with E-state index >= 15 is 0 Å². The normalized spacial score (nSPS) is 17.2. The molecule has 104 valence electrons. The molecule has 0 radical (unpaired) electrons. The fourth-order valence-electron chi connectivity index (χ4n) is 2.02. The van der Waals surface area contributed by atoms with Crippen LogP contribution in [0.4, 0.5) is 0 Å². The number of aliphatic carboxylic acids is 1. The Labute approximate surface area is 120 Å². The Morgan fingerprint density at radius 1 is 1.47 bits per heavy atom. The number of hydrogen-bond acceptors (Lipinski definition) is 3. The molecule has 1 heterocycles. The zero-order chi connectivity index (χ0) is 14.2. The van der Waals surface area contributed by atoms with Crippen LogP contribution in [0.2, 0.25) is 0 Å². The van der Waals surface area contributed by atoms with Crippen LogP contribution in [0.5, 0.6) is 0 Å². The highest BCUT2D eigenvalue weighted by molar-refractivity contribution is 9.10. The van der Waals surface area contributed by atoms with Crippen molar-refractivity contribution in [3.05, 3.63) is 28.2 Å². The van der Waals surface area contributed by atoms with E-state index < -0.39 is 16.0 Å². The van der Waals surface area contributed by atoms with Crippen LogP contribution >= 0.6 is 15.9 Å². The van der Waals surface area contributed by atoms with Crippen molar-refractivity contribution < 1.29 is 18.3 Å². The van der Waals surface area contributed by atoms with E-state index in [-0.39, 0.29) is 30.3 Å². The molecule has 1 aromatic rings. The highest BCUT2D eigenvalue weighted by Crippen LogP contribution is 2.28. The molecule has 1 aliphatic rings. The summed E-state index contributed by atoms with van der Waals surface area (Å²) in [6.45, 7) is 2.39. The molecule has 1 aliphatic heterocycles. The van der Waals surface area contributed by atoms with Crippen molar-refractivity contribution in [1.29, 1.82) is 0 Å². The predicted molar refractivity (Wildman–Crippen MR) is 73.4 cm³/mol. The molecule has 0 saturated carbocycles. The van der Waals surface area contributed by atoms with Crippen LogP contribution in [0.25, 0.3) is 0 Å². The number of carboxylic acid groups (broad SMARTS) is 1. The molecule has 0 aromatic heterocycles. The number of benzene rings is 1. The molecule has 0 amide bonds. The molecule has 2 rings (SSSR count). The topological polar surface area (TPSA) is 74.7 Å². The Balaban J connectivity index is 2.12. The maximum atomic E-state index is 12.3. The van der Waals surface area contributed by atoms with E-state index in [9.17, 15) is 13.2 Å². The molecule has 0 atom stereocenters. The molecule has 5 nitrogen and oxygen atoms in total. The minimum Gasteiger partial charge on any atom is -0.481 e. The SMILES string of the molecule is Cc1cc(S(=O)(=O)N2CC(CC(=O)O)C2)ccc1Br. The number of rotatable bonds is 4. The van der Waals surface area contributed by atoms with Gasteiger partial charge in [0.2, 0.25) is 10.0 Å². The van der Waals surface area contributed by atoms with Gasteiger partial charge in [0.15, 0.2) is 0 Å². The molecule has 1 fully saturated rings. The largest absolute Gasteiger partial charge is 0.481 e. The van der Waals surface area contributed by atoms with E-state index in [0.29, 0.717) is 0 Å². The molecule has 19 heavy (non-hydrogen) atoms. The van der Waals surface area contributed by atoms with Crippen molar-refractivity contribution in [3.8, 4) is 0 Å². The second-order valence-electron chi connectivity index (χ2n) is 4.70. The molecule has 0 spiro atoms. The third-order valence-electron chi connectivity index (χ3n) is 3.15. The fourth-order valence-corrected chi connectivity index (χ4v) is 3.95. The van der Waals surface area contributed by atoms with Gasteiger partial charge in [0, 0.05) is 17.6 Å². The van der Waals surface area contributed by atoms with Crippen molar-refractivity contribution in [1.82, 2.24) is 4.31 Å². The van der Waals surface area contributed by atoms with E-state index in [1.54, 1.807) is 18.2 Å². The number of carboxylic acids is 1. The first-order chi connectivity index (χ1) is 8.80. The summed E-state index contributed by atoms with van der Waals surface area (Å²) in [5.74, 6) is -0.967. The fraction of sp³-hybridized carbons (Fsp3) is 0.417. The van der Waals surface area contributed by atoms with Gasteiger partial charge in [0.25, 0.3) is 0 Å². The van der Waals surface area contributed by atoms with Crippen LogP contribution in [-0.4, -0.2) is 36.9 Å². The Morgan fingerprint density at radius 3 is 2.63 bits per heavy atom. The minimum atomic E-state index is -3.49. The van der Waals surface area contributed by atoms with Crippen molar-refractivity contribution in [2.75, 3.05) is 13.1 Å². The lowest BCUT2D eigenvalue weighted by atomic mass is 10.00. The van der Waals surface area contributed by atoms with Gasteiger partial charge in [-0.05, 0) is 36.6 Å². The predicted octanol–water partition coefficient (Wildman–Crippen LogP) is 1.85. The van der Waals surface area contributed by atoms with Crippen molar-refractivity contribution in [2.24, 2.45) is 5.92 Å². The summed E-state index contributed by atoms with van der Waals surface area (Å²) in [7, 11) is -3.49. The van der Waals surface area contributed by atoms with E-state index in [4.69, 9.17) is 5.11 Å². The Kier molecular flexibility index (Phi) is 3.98. The second-order valence-corrected chi connectivity index (χ2v) is 7.49. The molecular weight excluding hydrogens is 334 g/mol. The van der Waals surface area contributed by atoms with Crippen molar-refractivity contribution >= 4 is 31.9 Å². The van der Waals surface area contributed by atoms with E-state index in [0.717, 1.165) is 10.0 Å². The van der Waals surface area contributed by atoms with Gasteiger partial charge in [0.1, 0.15) is 0 Å². The molecule has 0 unspecified atom stereocenters. The monoisotopic (exact) mass is 347 g/mol. The van der Waals surface area contributed by atoms with Gasteiger partial charge >= 0.3 is 5.97 Å². The quantitative estimate of drug-likeness (QED) is 0.901. The summed E-state index contributed by atoms with van der Waals surface area (Å²) in [4.78, 5) is 10.8. The minimum absolute atomic E-state index is 0.0192. The third-order valence-corrected chi connectivity index (χ3v) is 5.87. The average molecular weight is 348 g/mol. The summed E-state index contributed by atoms with van der Waals surface area (Å²) >= 11 is 3.33. The molecule has 0 aliphatic carbocycles. The van der Waals surface area contributed by atoms with Crippen LogP contribution in [0.3, 0.4) is 0 Å². The number of carbonyl (C=O) groups is 1. The number of hydrogen-bond donors (Lipinski definition) is 1. The molecule has 0 bridgehead atoms. The number of sulfonamides is 1. The summed E-state index contributed by atoms with van der Waals surface area (Å²) in [5, 5.41) is 8.65. The summed E-state index contributed by atoms with van der Waals surface area (Å²) in [5.41, 5.74) is 0.851. The van der Waals surface area contributed by atoms with Crippen LogP contribution in [-0.2, 0) is 14.8 Å². The van der Waals surface area contributed by atoms with Crippen LogP contribution in [0, 0.1) is 12.8 Å². The van der Waals surface area contributed by atoms with Crippen LogP contribution in [0.15, 0.2) is 27.6 Å². The smallest absolute Gasteiger partial charge is 0.303 e. The maximum absolute atomic E-state index is 12.3. The zero-order valence-electron chi connectivity index (χ0n) is 10.3. The molecule has 1 aromatic carbocycles. The number of nitrogens with zero attached hydrogens (tertiary/aromatic N) is 1. The first-order valence-electron chi connectivity index (χ1n) is 5.79. The highest BCUT2D eigenvalue weighted by atomic mass is 79.9. The highest BCUT2D eigenvalue weighted by Gasteiger charge is 2.37. The lowest BCUT2D eigenvalue weighted by Gasteiger charge is -2.37. The summed E-state index contributed by atoms with van der Waals surface area (Å²) in [6.07, 6.45) is 0.0192. The molecule has 7 heteroatoms. The third kappa shape index (κ3) is 2.98. The number of aryl methyl sites for hydroxylation is 1. The van der Waals surface area contributed by atoms with E-state index in [1.165, 1.54) is 4.31 Å². The Bertz CT molecular complexity index is 608. The zero-order valence-corrected chi connectivity index (χ0v) is 12.7. The van der Waals surface area contributed by atoms with Crippen LogP contribution < -0.4 is 0 Å². The molecule has 1 saturated heterocycles. The number of halogens is 1. The Hall–Kier alpha value is -0.920. The standard InChI is InChI=1S/C12H14BrNO4S/c1-8-4-10(2-3-11(8)13)19(17,18)14-6-9(7-14)5-12(15)16/h2-4,9H,5-7H2,1H3,(H,15,16). The van der Waals surface area contributed by atoms with Gasteiger partial charge in [0.05, 0.1) is 11.3 Å². The van der Waals surface area contributed by atoms with Gasteiger partial charge in [-0.2, -0.15) is 4.31 Å². The van der Waals surface area contributed by atoms with Gasteiger partial charge in [-0.15, -0.1) is 0 Å². The van der Waals surface area contributed by atoms with E-state index in [2.05, 4.69) is 15.9 Å². The summed E-state index contributed by atoms with van der Waals surface area (Å²) in [6, 6.07) is 4.87. The first-order valence-corrected chi connectivity index (χ1v) is 8.02. The first kappa shape index (κ1) is 14.5. The second kappa shape index (κ2) is 5.22. The lowest BCUT2D eigenvalue weighted by Crippen LogP contribution is -2.50. The van der Waals surface area contributed by atoms with Gasteiger partial charge in [-0.1, -0.05) is 15.9 Å². The Morgan fingerprint density at radius 2 is 2.11 bits per heavy atom. The average Bonchev–Trinajstić information content (AvgIpc) is 2.26. The lowest BCUT2D eigenvalue weighted by molar-refractivity contribution is -0.139. The van der Waals surface area contributed by atoms with Gasteiger partial charge in [-0.3, -0.25) is 4.79 Å². The summed E-state index contributed by atoms with van der Waals surface area (Å²) < 4.78 is 26.7. The van der Waals surface area contributed by atoms with E-state index in [1.807, 2.05) is 6.92 Å².